The first-order valence-corrected chi connectivity index (χ1v) is 8.49. The quantitative estimate of drug-likeness (QED) is 0.913. The monoisotopic (exact) mass is 332 g/mol. The van der Waals surface area contributed by atoms with Crippen LogP contribution < -0.4 is 4.74 Å². The molecule has 0 aromatic heterocycles. The molecule has 3 rings (SSSR count). The molecule has 1 aromatic carbocycles. The van der Waals surface area contributed by atoms with Gasteiger partial charge in [-0.3, -0.25) is 4.79 Å². The number of nitrogens with zero attached hydrogens (tertiary/aromatic N) is 2. The summed E-state index contributed by atoms with van der Waals surface area (Å²) >= 11 is 0. The molecule has 130 valence electrons. The second-order valence-electron chi connectivity index (χ2n) is 6.66. The van der Waals surface area contributed by atoms with Gasteiger partial charge in [0.05, 0.1) is 6.54 Å². The van der Waals surface area contributed by atoms with Crippen molar-refractivity contribution in [3.05, 3.63) is 29.8 Å². The molecule has 1 amide bonds. The Morgan fingerprint density at radius 1 is 1.21 bits per heavy atom. The number of carboxylic acids is 1. The smallest absolute Gasteiger partial charge is 0.331 e. The zero-order chi connectivity index (χ0) is 17.1. The Morgan fingerprint density at radius 3 is 2.62 bits per heavy atom. The van der Waals surface area contributed by atoms with Gasteiger partial charge in [-0.1, -0.05) is 18.2 Å². The highest BCUT2D eigenvalue weighted by molar-refractivity contribution is 5.85. The summed E-state index contributed by atoms with van der Waals surface area (Å²) < 4.78 is 5.65. The largest absolute Gasteiger partial charge is 0.491 e. The van der Waals surface area contributed by atoms with Crippen LogP contribution in [-0.4, -0.2) is 60.1 Å². The molecule has 2 aliphatic heterocycles. The standard InChI is InChI=1S/C18H24N2O4/c1-19-8-6-13(7-9-19)12-16(21)20-10-11-24-15-5-3-2-4-14(15)17(20)18(22)23/h2-5,13,17H,6-12H2,1H3,(H,22,23). The summed E-state index contributed by atoms with van der Waals surface area (Å²) in [7, 11) is 2.08. The summed E-state index contributed by atoms with van der Waals surface area (Å²) in [6.07, 6.45) is 2.39. The van der Waals surface area contributed by atoms with Crippen LogP contribution in [-0.2, 0) is 9.59 Å². The Labute approximate surface area is 142 Å². The number of hydrogen-bond acceptors (Lipinski definition) is 4. The molecule has 0 aliphatic carbocycles. The van der Waals surface area contributed by atoms with Crippen molar-refractivity contribution in [1.82, 2.24) is 9.80 Å². The molecule has 6 nitrogen and oxygen atoms in total. The van der Waals surface area contributed by atoms with Gasteiger partial charge in [-0.05, 0) is 45.0 Å². The van der Waals surface area contributed by atoms with E-state index in [1.807, 2.05) is 6.07 Å². The highest BCUT2D eigenvalue weighted by Crippen LogP contribution is 2.33. The highest BCUT2D eigenvalue weighted by Gasteiger charge is 2.36. The first-order chi connectivity index (χ1) is 11.6. The molecule has 0 bridgehead atoms. The maximum Gasteiger partial charge on any atom is 0.331 e. The molecule has 1 aromatic rings. The van der Waals surface area contributed by atoms with E-state index >= 15 is 0 Å². The normalized spacial score (nSPS) is 22.4. The minimum atomic E-state index is -1.01. The number of rotatable bonds is 3. The molecule has 1 unspecified atom stereocenters. The van der Waals surface area contributed by atoms with Crippen molar-refractivity contribution >= 4 is 11.9 Å². The maximum absolute atomic E-state index is 12.8. The van der Waals surface area contributed by atoms with Crippen LogP contribution in [0.2, 0.25) is 0 Å². The molecule has 1 saturated heterocycles. The second kappa shape index (κ2) is 7.21. The molecule has 2 heterocycles. The van der Waals surface area contributed by atoms with Gasteiger partial charge < -0.3 is 19.6 Å². The molecule has 6 heteroatoms. The van der Waals surface area contributed by atoms with Gasteiger partial charge in [0, 0.05) is 12.0 Å². The van der Waals surface area contributed by atoms with Gasteiger partial charge in [0.15, 0.2) is 6.04 Å². The lowest BCUT2D eigenvalue weighted by atomic mass is 9.92. The van der Waals surface area contributed by atoms with Gasteiger partial charge in [-0.2, -0.15) is 0 Å². The number of carboxylic acid groups (broad SMARTS) is 1. The van der Waals surface area contributed by atoms with E-state index in [1.165, 1.54) is 4.90 Å². The second-order valence-corrected chi connectivity index (χ2v) is 6.66. The number of ether oxygens (including phenoxy) is 1. The predicted molar refractivity (Wildman–Crippen MR) is 88.9 cm³/mol. The molecular formula is C18H24N2O4. The lowest BCUT2D eigenvalue weighted by Gasteiger charge is -2.32. The molecule has 0 spiro atoms. The molecule has 0 saturated carbocycles. The fraction of sp³-hybridized carbons (Fsp3) is 0.556. The Bertz CT molecular complexity index is 611. The van der Waals surface area contributed by atoms with E-state index in [2.05, 4.69) is 11.9 Å². The van der Waals surface area contributed by atoms with E-state index in [0.717, 1.165) is 25.9 Å². The van der Waals surface area contributed by atoms with Crippen LogP contribution >= 0.6 is 0 Å². The Morgan fingerprint density at radius 2 is 1.92 bits per heavy atom. The average molecular weight is 332 g/mol. The molecule has 2 aliphatic rings. The fourth-order valence-corrected chi connectivity index (χ4v) is 3.55. The number of fused-ring (bicyclic) bond motifs is 1. The van der Waals surface area contributed by atoms with Crippen molar-refractivity contribution in [1.29, 1.82) is 0 Å². The van der Waals surface area contributed by atoms with Crippen LogP contribution in [0.25, 0.3) is 0 Å². The third-order valence-corrected chi connectivity index (χ3v) is 4.97. The molecule has 1 atom stereocenters. The molecule has 1 N–H and O–H groups in total. The third kappa shape index (κ3) is 3.53. The van der Waals surface area contributed by atoms with Crippen molar-refractivity contribution in [2.24, 2.45) is 5.92 Å². The lowest BCUT2D eigenvalue weighted by Crippen LogP contribution is -2.41. The van der Waals surface area contributed by atoms with Gasteiger partial charge in [0.2, 0.25) is 5.91 Å². The van der Waals surface area contributed by atoms with Crippen molar-refractivity contribution in [3.63, 3.8) is 0 Å². The molecular weight excluding hydrogens is 308 g/mol. The third-order valence-electron chi connectivity index (χ3n) is 4.97. The number of likely N-dealkylation sites (tertiary alicyclic amines) is 1. The summed E-state index contributed by atoms with van der Waals surface area (Å²) in [4.78, 5) is 28.4. The summed E-state index contributed by atoms with van der Waals surface area (Å²) in [5, 5.41) is 9.71. The maximum atomic E-state index is 12.8. The molecule has 1 fully saturated rings. The summed E-state index contributed by atoms with van der Waals surface area (Å²) in [6, 6.07) is 6.12. The minimum Gasteiger partial charge on any atom is -0.491 e. The summed E-state index contributed by atoms with van der Waals surface area (Å²) in [5.74, 6) is -0.205. The summed E-state index contributed by atoms with van der Waals surface area (Å²) in [6.45, 7) is 2.61. The Balaban J connectivity index is 1.78. The molecule has 0 radical (unpaired) electrons. The SMILES string of the molecule is CN1CCC(CC(=O)N2CCOc3ccccc3C2C(=O)O)CC1. The minimum absolute atomic E-state index is 0.0859. The average Bonchev–Trinajstić information content (AvgIpc) is 2.76. The van der Waals surface area contributed by atoms with Gasteiger partial charge >= 0.3 is 5.97 Å². The zero-order valence-corrected chi connectivity index (χ0v) is 14.0. The van der Waals surface area contributed by atoms with E-state index in [0.29, 0.717) is 36.8 Å². The number of carbonyl (C=O) groups is 2. The van der Waals surface area contributed by atoms with Gasteiger partial charge in [-0.15, -0.1) is 0 Å². The van der Waals surface area contributed by atoms with Crippen LogP contribution in [0, 0.1) is 5.92 Å². The van der Waals surface area contributed by atoms with Gasteiger partial charge in [0.1, 0.15) is 12.4 Å². The van der Waals surface area contributed by atoms with Crippen molar-refractivity contribution in [3.8, 4) is 5.75 Å². The number of para-hydroxylation sites is 1. The van der Waals surface area contributed by atoms with Crippen molar-refractivity contribution in [2.75, 3.05) is 33.3 Å². The number of carbonyl (C=O) groups excluding carboxylic acids is 1. The Hall–Kier alpha value is -2.08. The van der Waals surface area contributed by atoms with Crippen LogP contribution in [0.1, 0.15) is 30.9 Å². The topological polar surface area (TPSA) is 70.1 Å². The Kier molecular flexibility index (Phi) is 5.04. The number of hydrogen-bond donors (Lipinski definition) is 1. The zero-order valence-electron chi connectivity index (χ0n) is 14.0. The van der Waals surface area contributed by atoms with Gasteiger partial charge in [-0.25, -0.2) is 4.79 Å². The molecule has 24 heavy (non-hydrogen) atoms. The highest BCUT2D eigenvalue weighted by atomic mass is 16.5. The number of amides is 1. The van der Waals surface area contributed by atoms with Crippen LogP contribution in [0.15, 0.2) is 24.3 Å². The predicted octanol–water partition coefficient (Wildman–Crippen LogP) is 1.77. The van der Waals surface area contributed by atoms with Crippen molar-refractivity contribution in [2.45, 2.75) is 25.3 Å². The van der Waals surface area contributed by atoms with E-state index < -0.39 is 12.0 Å². The van der Waals surface area contributed by atoms with Crippen LogP contribution in [0.3, 0.4) is 0 Å². The summed E-state index contributed by atoms with van der Waals surface area (Å²) in [5.41, 5.74) is 0.555. The van der Waals surface area contributed by atoms with Gasteiger partial charge in [0.25, 0.3) is 0 Å². The van der Waals surface area contributed by atoms with Crippen LogP contribution in [0.4, 0.5) is 0 Å². The van der Waals surface area contributed by atoms with Crippen molar-refractivity contribution < 1.29 is 19.4 Å². The number of piperidine rings is 1. The lowest BCUT2D eigenvalue weighted by molar-refractivity contribution is -0.151. The first kappa shape index (κ1) is 16.8. The fourth-order valence-electron chi connectivity index (χ4n) is 3.55. The first-order valence-electron chi connectivity index (χ1n) is 8.49. The van der Waals surface area contributed by atoms with E-state index in [1.54, 1.807) is 18.2 Å². The number of aliphatic carboxylic acids is 1. The number of benzene rings is 1. The van der Waals surface area contributed by atoms with Crippen LogP contribution in [0.5, 0.6) is 5.75 Å². The van der Waals surface area contributed by atoms with E-state index in [9.17, 15) is 14.7 Å². The van der Waals surface area contributed by atoms with E-state index in [4.69, 9.17) is 4.74 Å². The van der Waals surface area contributed by atoms with E-state index in [-0.39, 0.29) is 5.91 Å².